The molecule has 1 aromatic carbocycles. The average Bonchev–Trinajstić information content (AvgIpc) is 3.28. The molecule has 1 amide bonds. The molecule has 4 heterocycles. The third-order valence-electron chi connectivity index (χ3n) is 6.41. The fourth-order valence-corrected chi connectivity index (χ4v) is 4.64. The summed E-state index contributed by atoms with van der Waals surface area (Å²) in [6.45, 7) is 6.78. The lowest BCUT2D eigenvalue weighted by atomic mass is 10.0. The van der Waals surface area contributed by atoms with Crippen LogP contribution in [0.4, 0.5) is 5.69 Å². The van der Waals surface area contributed by atoms with Crippen LogP contribution in [0, 0.1) is 0 Å². The van der Waals surface area contributed by atoms with Gasteiger partial charge in [-0.2, -0.15) is 5.10 Å². The lowest BCUT2D eigenvalue weighted by Crippen LogP contribution is -2.46. The first-order chi connectivity index (χ1) is 15.8. The van der Waals surface area contributed by atoms with Gasteiger partial charge in [0.1, 0.15) is 5.75 Å². The summed E-state index contributed by atoms with van der Waals surface area (Å²) in [4.78, 5) is 17.3. The minimum atomic E-state index is -0.101. The zero-order valence-electron chi connectivity index (χ0n) is 18.5. The van der Waals surface area contributed by atoms with Crippen LogP contribution < -0.4 is 15.0 Å². The number of benzene rings is 1. The molecule has 2 aliphatic rings. The van der Waals surface area contributed by atoms with Gasteiger partial charge in [-0.3, -0.25) is 9.69 Å². The number of unbranched alkanes of at least 4 members (excludes halogenated alkanes) is 1. The zero-order chi connectivity index (χ0) is 21.8. The number of piperazine rings is 1. The van der Waals surface area contributed by atoms with Gasteiger partial charge >= 0.3 is 0 Å². The number of fused-ring (bicyclic) bond motifs is 2. The standard InChI is InChI=1S/C25H31N5O2/c31-25(22-19-21-9-1-3-13-30(21)27-22)26-11-2-4-12-28-14-16-29(17-15-28)23-10-5-7-20-8-6-18-32-24(20)23/h1,3,5,7,9-10,13,19H,2,4,6,8,11-12,14-18H2,(H,26,31). The second-order valence-electron chi connectivity index (χ2n) is 8.61. The van der Waals surface area contributed by atoms with E-state index in [4.69, 9.17) is 4.74 Å². The van der Waals surface area contributed by atoms with Crippen LogP contribution in [0.2, 0.25) is 0 Å². The van der Waals surface area contributed by atoms with Gasteiger partial charge in [0.25, 0.3) is 5.91 Å². The van der Waals surface area contributed by atoms with Gasteiger partial charge < -0.3 is 15.0 Å². The van der Waals surface area contributed by atoms with Crippen LogP contribution in [0.15, 0.2) is 48.7 Å². The molecule has 0 bridgehead atoms. The second kappa shape index (κ2) is 9.61. The van der Waals surface area contributed by atoms with Gasteiger partial charge in [-0.1, -0.05) is 18.2 Å². The van der Waals surface area contributed by atoms with Gasteiger partial charge in [-0.05, 0) is 62.1 Å². The van der Waals surface area contributed by atoms with Crippen molar-refractivity contribution >= 4 is 17.1 Å². The summed E-state index contributed by atoms with van der Waals surface area (Å²) in [7, 11) is 0. The van der Waals surface area contributed by atoms with Gasteiger partial charge in [0.2, 0.25) is 0 Å². The highest BCUT2D eigenvalue weighted by molar-refractivity contribution is 5.93. The highest BCUT2D eigenvalue weighted by Crippen LogP contribution is 2.35. The highest BCUT2D eigenvalue weighted by atomic mass is 16.5. The van der Waals surface area contributed by atoms with E-state index < -0.39 is 0 Å². The molecule has 2 aromatic heterocycles. The first-order valence-electron chi connectivity index (χ1n) is 11.7. The Morgan fingerprint density at radius 2 is 1.97 bits per heavy atom. The molecule has 0 radical (unpaired) electrons. The van der Waals surface area contributed by atoms with Crippen molar-refractivity contribution in [2.24, 2.45) is 0 Å². The fourth-order valence-electron chi connectivity index (χ4n) is 4.64. The Bertz CT molecular complexity index is 1040. The minimum absolute atomic E-state index is 0.101. The van der Waals surface area contributed by atoms with Crippen molar-refractivity contribution in [2.75, 3.05) is 50.8 Å². The Hall–Kier alpha value is -3.06. The van der Waals surface area contributed by atoms with E-state index in [1.54, 1.807) is 4.52 Å². The maximum Gasteiger partial charge on any atom is 0.271 e. The average molecular weight is 434 g/mol. The number of anilines is 1. The Balaban J connectivity index is 1.03. The minimum Gasteiger partial charge on any atom is -0.491 e. The van der Waals surface area contributed by atoms with Crippen molar-refractivity contribution in [3.05, 3.63) is 59.9 Å². The summed E-state index contributed by atoms with van der Waals surface area (Å²) in [6, 6.07) is 14.2. The molecule has 7 nitrogen and oxygen atoms in total. The topological polar surface area (TPSA) is 62.1 Å². The van der Waals surface area contributed by atoms with Crippen molar-refractivity contribution < 1.29 is 9.53 Å². The molecule has 0 atom stereocenters. The maximum atomic E-state index is 12.3. The lowest BCUT2D eigenvalue weighted by molar-refractivity contribution is 0.0947. The van der Waals surface area contributed by atoms with Crippen molar-refractivity contribution in [1.82, 2.24) is 19.8 Å². The SMILES string of the molecule is O=C(NCCCCN1CCN(c2cccc3c2OCCC3)CC1)c1cc2ccccn2n1. The number of nitrogens with zero attached hydrogens (tertiary/aromatic N) is 4. The zero-order valence-corrected chi connectivity index (χ0v) is 18.5. The van der Waals surface area contributed by atoms with E-state index in [-0.39, 0.29) is 5.91 Å². The van der Waals surface area contributed by atoms with Gasteiger partial charge in [0.05, 0.1) is 17.8 Å². The summed E-state index contributed by atoms with van der Waals surface area (Å²) >= 11 is 0. The molecule has 168 valence electrons. The first kappa shape index (κ1) is 20.8. The monoisotopic (exact) mass is 433 g/mol. The number of hydrogen-bond acceptors (Lipinski definition) is 5. The van der Waals surface area contributed by atoms with Gasteiger partial charge in [0, 0.05) is 38.9 Å². The smallest absolute Gasteiger partial charge is 0.271 e. The second-order valence-corrected chi connectivity index (χ2v) is 8.61. The molecule has 1 fully saturated rings. The molecule has 2 aliphatic heterocycles. The number of carbonyl (C=O) groups excluding carboxylic acids is 1. The molecule has 1 saturated heterocycles. The third-order valence-corrected chi connectivity index (χ3v) is 6.41. The first-order valence-corrected chi connectivity index (χ1v) is 11.7. The molecule has 0 saturated carbocycles. The van der Waals surface area contributed by atoms with Crippen molar-refractivity contribution in [1.29, 1.82) is 0 Å². The van der Waals surface area contributed by atoms with Crippen LogP contribution in [0.1, 0.15) is 35.3 Å². The van der Waals surface area contributed by atoms with Gasteiger partial charge in [0.15, 0.2) is 5.69 Å². The Labute approximate surface area is 189 Å². The van der Waals surface area contributed by atoms with E-state index in [1.807, 2.05) is 30.5 Å². The maximum absolute atomic E-state index is 12.3. The molecule has 1 N–H and O–H groups in total. The fraction of sp³-hybridized carbons (Fsp3) is 0.440. The van der Waals surface area contributed by atoms with Gasteiger partial charge in [-0.15, -0.1) is 0 Å². The number of ether oxygens (including phenoxy) is 1. The molecule has 0 spiro atoms. The Kier molecular flexibility index (Phi) is 6.25. The molecule has 32 heavy (non-hydrogen) atoms. The van der Waals surface area contributed by atoms with Crippen molar-refractivity contribution in [3.8, 4) is 5.75 Å². The largest absolute Gasteiger partial charge is 0.491 e. The number of rotatable bonds is 7. The Morgan fingerprint density at radius 1 is 1.06 bits per heavy atom. The summed E-state index contributed by atoms with van der Waals surface area (Å²) in [5, 5.41) is 7.33. The van der Waals surface area contributed by atoms with Crippen LogP contribution in [0.25, 0.3) is 5.52 Å². The summed E-state index contributed by atoms with van der Waals surface area (Å²) < 4.78 is 7.73. The third kappa shape index (κ3) is 4.58. The lowest BCUT2D eigenvalue weighted by Gasteiger charge is -2.37. The number of aromatic nitrogens is 2. The number of aryl methyl sites for hydroxylation is 1. The number of amides is 1. The molecule has 0 aliphatic carbocycles. The molecule has 3 aromatic rings. The molecular formula is C25H31N5O2. The summed E-state index contributed by atoms with van der Waals surface area (Å²) in [6.07, 6.45) is 6.14. The van der Waals surface area contributed by atoms with E-state index in [0.29, 0.717) is 12.2 Å². The number of pyridine rings is 1. The normalized spacial score (nSPS) is 16.6. The molecule has 7 heteroatoms. The van der Waals surface area contributed by atoms with Gasteiger partial charge in [-0.25, -0.2) is 4.52 Å². The number of nitrogens with one attached hydrogen (secondary N) is 1. The van der Waals surface area contributed by atoms with Crippen molar-refractivity contribution in [3.63, 3.8) is 0 Å². The summed E-state index contributed by atoms with van der Waals surface area (Å²) in [5.74, 6) is 1.00. The van der Waals surface area contributed by atoms with E-state index >= 15 is 0 Å². The number of para-hydroxylation sites is 1. The van der Waals surface area contributed by atoms with Crippen LogP contribution in [-0.4, -0.2) is 66.3 Å². The predicted octanol–water partition coefficient (Wildman–Crippen LogP) is 2.99. The molecular weight excluding hydrogens is 402 g/mol. The van der Waals surface area contributed by atoms with E-state index in [0.717, 1.165) is 76.3 Å². The highest BCUT2D eigenvalue weighted by Gasteiger charge is 2.22. The Morgan fingerprint density at radius 3 is 2.84 bits per heavy atom. The van der Waals surface area contributed by atoms with E-state index in [9.17, 15) is 4.79 Å². The van der Waals surface area contributed by atoms with Crippen molar-refractivity contribution in [2.45, 2.75) is 25.7 Å². The van der Waals surface area contributed by atoms with Crippen LogP contribution in [-0.2, 0) is 6.42 Å². The summed E-state index contributed by atoms with van der Waals surface area (Å²) in [5.41, 5.74) is 4.01. The van der Waals surface area contributed by atoms with Crippen LogP contribution in [0.5, 0.6) is 5.75 Å². The van der Waals surface area contributed by atoms with E-state index in [1.165, 1.54) is 11.3 Å². The van der Waals surface area contributed by atoms with Crippen LogP contribution in [0.3, 0.4) is 0 Å². The van der Waals surface area contributed by atoms with Crippen LogP contribution >= 0.6 is 0 Å². The molecule has 0 unspecified atom stereocenters. The molecule has 5 rings (SSSR count). The number of hydrogen-bond donors (Lipinski definition) is 1. The quantitative estimate of drug-likeness (QED) is 0.581. The predicted molar refractivity (Wildman–Crippen MR) is 126 cm³/mol. The number of carbonyl (C=O) groups is 1. The van der Waals surface area contributed by atoms with E-state index in [2.05, 4.69) is 38.4 Å².